The Kier molecular flexibility index (Phi) is 3.28. The molecule has 90 valence electrons. The van der Waals surface area contributed by atoms with Crippen LogP contribution in [-0.2, 0) is 6.42 Å². The largest absolute Gasteiger partial charge is 0.440 e. The Labute approximate surface area is 103 Å². The minimum Gasteiger partial charge on any atom is -0.440 e. The van der Waals surface area contributed by atoms with E-state index in [4.69, 9.17) is 16.0 Å². The molecule has 1 heterocycles. The second-order valence-corrected chi connectivity index (χ2v) is 4.15. The number of hydrogen-bond acceptors (Lipinski definition) is 4. The molecular weight excluding hydrogens is 244 g/mol. The molecule has 6 heteroatoms. The number of rotatable bonds is 4. The van der Waals surface area contributed by atoms with Crippen molar-refractivity contribution < 1.29 is 9.34 Å². The molecule has 17 heavy (non-hydrogen) atoms. The van der Waals surface area contributed by atoms with Gasteiger partial charge in [-0.05, 0) is 12.5 Å². The van der Waals surface area contributed by atoms with E-state index in [0.717, 1.165) is 19.3 Å². The topological polar surface area (TPSA) is 69.2 Å². The third-order valence-corrected chi connectivity index (χ3v) is 2.74. The van der Waals surface area contributed by atoms with Crippen LogP contribution in [0.4, 0.5) is 5.69 Å². The van der Waals surface area contributed by atoms with Crippen molar-refractivity contribution in [2.75, 3.05) is 0 Å². The second kappa shape index (κ2) is 4.71. The smallest absolute Gasteiger partial charge is 0.291 e. The summed E-state index contributed by atoms with van der Waals surface area (Å²) in [5, 5.41) is 10.8. The van der Waals surface area contributed by atoms with Crippen LogP contribution >= 0.6 is 11.6 Å². The Hall–Kier alpha value is -1.62. The van der Waals surface area contributed by atoms with Crippen molar-refractivity contribution in [3.05, 3.63) is 33.2 Å². The van der Waals surface area contributed by atoms with Gasteiger partial charge in [0.25, 0.3) is 5.69 Å². The molecule has 0 saturated heterocycles. The lowest BCUT2D eigenvalue weighted by atomic mass is 10.2. The Balaban J connectivity index is 2.43. The van der Waals surface area contributed by atoms with E-state index in [1.54, 1.807) is 0 Å². The van der Waals surface area contributed by atoms with Gasteiger partial charge in [-0.25, -0.2) is 4.98 Å². The lowest BCUT2D eigenvalue weighted by Gasteiger charge is -1.93. The lowest BCUT2D eigenvalue weighted by molar-refractivity contribution is -0.384. The van der Waals surface area contributed by atoms with Crippen LogP contribution in [0.5, 0.6) is 0 Å². The highest BCUT2D eigenvalue weighted by molar-refractivity contribution is 6.33. The molecule has 0 atom stereocenters. The van der Waals surface area contributed by atoms with Gasteiger partial charge in [0.2, 0.25) is 0 Å². The van der Waals surface area contributed by atoms with Crippen LogP contribution in [0.1, 0.15) is 25.7 Å². The van der Waals surface area contributed by atoms with E-state index < -0.39 is 4.92 Å². The van der Waals surface area contributed by atoms with E-state index in [1.165, 1.54) is 12.1 Å². The monoisotopic (exact) mass is 254 g/mol. The van der Waals surface area contributed by atoms with Crippen molar-refractivity contribution in [1.82, 2.24) is 4.98 Å². The number of nitro benzene ring substituents is 1. The predicted molar refractivity (Wildman–Crippen MR) is 64.3 cm³/mol. The number of unbranched alkanes of at least 4 members (excludes halogenated alkanes) is 1. The number of benzene rings is 1. The molecule has 0 amide bonds. The number of aromatic nitrogens is 1. The van der Waals surface area contributed by atoms with Gasteiger partial charge in [0, 0.05) is 6.42 Å². The van der Waals surface area contributed by atoms with Gasteiger partial charge < -0.3 is 4.42 Å². The average molecular weight is 255 g/mol. The van der Waals surface area contributed by atoms with Gasteiger partial charge in [0.15, 0.2) is 11.5 Å². The molecule has 2 rings (SSSR count). The van der Waals surface area contributed by atoms with Crippen molar-refractivity contribution in [3.8, 4) is 0 Å². The molecule has 0 unspecified atom stereocenters. The van der Waals surface area contributed by atoms with E-state index in [-0.39, 0.29) is 10.7 Å². The molecule has 1 aromatic carbocycles. The highest BCUT2D eigenvalue weighted by Crippen LogP contribution is 2.30. The number of aryl methyl sites for hydroxylation is 1. The van der Waals surface area contributed by atoms with Gasteiger partial charge in [-0.1, -0.05) is 24.9 Å². The summed E-state index contributed by atoms with van der Waals surface area (Å²) >= 11 is 5.79. The molecule has 0 aliphatic carbocycles. The normalized spacial score (nSPS) is 10.9. The molecule has 0 aliphatic rings. The summed E-state index contributed by atoms with van der Waals surface area (Å²) < 4.78 is 5.44. The predicted octanol–water partition coefficient (Wildman–Crippen LogP) is 3.73. The Morgan fingerprint density at radius 2 is 2.29 bits per heavy atom. The van der Waals surface area contributed by atoms with Gasteiger partial charge in [-0.3, -0.25) is 10.1 Å². The van der Waals surface area contributed by atoms with Crippen molar-refractivity contribution in [2.45, 2.75) is 26.2 Å². The molecule has 0 N–H and O–H groups in total. The summed E-state index contributed by atoms with van der Waals surface area (Å²) in [4.78, 5) is 14.4. The minimum atomic E-state index is -0.532. The van der Waals surface area contributed by atoms with Crippen molar-refractivity contribution in [1.29, 1.82) is 0 Å². The van der Waals surface area contributed by atoms with E-state index in [0.29, 0.717) is 17.0 Å². The summed E-state index contributed by atoms with van der Waals surface area (Å²) in [6.45, 7) is 2.07. The Morgan fingerprint density at radius 3 is 2.94 bits per heavy atom. The quantitative estimate of drug-likeness (QED) is 0.616. The van der Waals surface area contributed by atoms with E-state index >= 15 is 0 Å². The van der Waals surface area contributed by atoms with Crippen LogP contribution in [0.2, 0.25) is 5.02 Å². The molecule has 0 saturated carbocycles. The molecule has 2 aromatic rings. The van der Waals surface area contributed by atoms with Gasteiger partial charge in [0.05, 0.1) is 11.0 Å². The third-order valence-electron chi connectivity index (χ3n) is 2.44. The van der Waals surface area contributed by atoms with E-state index in [2.05, 4.69) is 11.9 Å². The van der Waals surface area contributed by atoms with Gasteiger partial charge in [0.1, 0.15) is 10.5 Å². The van der Waals surface area contributed by atoms with Crippen LogP contribution in [0.3, 0.4) is 0 Å². The summed E-state index contributed by atoms with van der Waals surface area (Å²) in [5.41, 5.74) is 0.816. The first-order valence-electron chi connectivity index (χ1n) is 5.35. The number of oxazole rings is 1. The van der Waals surface area contributed by atoms with Crippen LogP contribution in [0.15, 0.2) is 16.5 Å². The van der Waals surface area contributed by atoms with Crippen molar-refractivity contribution >= 4 is 28.4 Å². The average Bonchev–Trinajstić information content (AvgIpc) is 2.66. The molecule has 0 bridgehead atoms. The molecular formula is C11H11ClN2O3. The fourth-order valence-electron chi connectivity index (χ4n) is 1.56. The molecule has 0 aliphatic heterocycles. The van der Waals surface area contributed by atoms with Crippen LogP contribution in [0, 0.1) is 10.1 Å². The Morgan fingerprint density at radius 1 is 1.53 bits per heavy atom. The number of fused-ring (bicyclic) bond motifs is 1. The summed E-state index contributed by atoms with van der Waals surface area (Å²) in [6.07, 6.45) is 2.75. The highest BCUT2D eigenvalue weighted by atomic mass is 35.5. The van der Waals surface area contributed by atoms with Gasteiger partial charge >= 0.3 is 0 Å². The Bertz CT molecular complexity index is 565. The summed E-state index contributed by atoms with van der Waals surface area (Å²) in [6, 6.07) is 2.79. The SMILES string of the molecule is CCCCc1nc2cc(Cl)c([N+](=O)[O-])cc2o1. The summed E-state index contributed by atoms with van der Waals surface area (Å²) in [7, 11) is 0. The van der Waals surface area contributed by atoms with Crippen LogP contribution < -0.4 is 0 Å². The number of hydrogen-bond donors (Lipinski definition) is 0. The second-order valence-electron chi connectivity index (χ2n) is 3.74. The number of nitrogens with zero attached hydrogens (tertiary/aromatic N) is 2. The van der Waals surface area contributed by atoms with Crippen LogP contribution in [0.25, 0.3) is 11.1 Å². The first kappa shape index (κ1) is 11.9. The maximum absolute atomic E-state index is 10.7. The zero-order valence-corrected chi connectivity index (χ0v) is 10.0. The fraction of sp³-hybridized carbons (Fsp3) is 0.364. The maximum atomic E-state index is 10.7. The van der Waals surface area contributed by atoms with E-state index in [1.807, 2.05) is 0 Å². The standard InChI is InChI=1S/C11H11ClN2O3/c1-2-3-4-11-13-8-5-7(12)9(14(15)16)6-10(8)17-11/h5-6H,2-4H2,1H3. The first-order valence-corrected chi connectivity index (χ1v) is 5.73. The van der Waals surface area contributed by atoms with Crippen molar-refractivity contribution in [2.24, 2.45) is 0 Å². The lowest BCUT2D eigenvalue weighted by Crippen LogP contribution is -1.88. The zero-order valence-electron chi connectivity index (χ0n) is 9.27. The zero-order chi connectivity index (χ0) is 12.4. The first-order chi connectivity index (χ1) is 8.11. The van der Waals surface area contributed by atoms with Gasteiger partial charge in [-0.15, -0.1) is 0 Å². The van der Waals surface area contributed by atoms with Crippen molar-refractivity contribution in [3.63, 3.8) is 0 Å². The minimum absolute atomic E-state index is 0.0813. The van der Waals surface area contributed by atoms with Crippen LogP contribution in [-0.4, -0.2) is 9.91 Å². The molecule has 5 nitrogen and oxygen atoms in total. The molecule has 0 fully saturated rings. The molecule has 0 radical (unpaired) electrons. The highest BCUT2D eigenvalue weighted by Gasteiger charge is 2.16. The fourth-order valence-corrected chi connectivity index (χ4v) is 1.79. The molecule has 1 aromatic heterocycles. The number of nitro groups is 1. The maximum Gasteiger partial charge on any atom is 0.291 e. The third kappa shape index (κ3) is 2.39. The molecule has 0 spiro atoms. The summed E-state index contributed by atoms with van der Waals surface area (Å²) in [5.74, 6) is 0.596. The van der Waals surface area contributed by atoms with Gasteiger partial charge in [-0.2, -0.15) is 0 Å². The van der Waals surface area contributed by atoms with E-state index in [9.17, 15) is 10.1 Å². The number of halogens is 1.